The zero-order chi connectivity index (χ0) is 14.0. The third kappa shape index (κ3) is 3.25. The van der Waals surface area contributed by atoms with Crippen LogP contribution in [0.25, 0.3) is 0 Å². The molecule has 2 nitrogen and oxygen atoms in total. The number of aliphatic hydroxyl groups excluding tert-OH is 1. The molecular formula is C14H18ClF2NO. The van der Waals surface area contributed by atoms with E-state index < -0.39 is 23.8 Å². The minimum Gasteiger partial charge on any atom is -0.391 e. The van der Waals surface area contributed by atoms with Crippen LogP contribution in [-0.4, -0.2) is 11.2 Å². The molecule has 0 aliphatic heterocycles. The van der Waals surface area contributed by atoms with Crippen LogP contribution in [0.3, 0.4) is 0 Å². The number of aliphatic hydroxyl groups is 1. The standard InChI is InChI=1S/C14H18ClF2NO/c15-9-6-10(16)12(11(17)7-9)13(18)14(19)8-4-2-1-3-5-8/h6-8,13-14,19H,1-5,18H2/t13-,14+/m1/s1. The van der Waals surface area contributed by atoms with E-state index in [-0.39, 0.29) is 16.5 Å². The highest BCUT2D eigenvalue weighted by atomic mass is 35.5. The zero-order valence-electron chi connectivity index (χ0n) is 10.6. The molecule has 2 rings (SSSR count). The summed E-state index contributed by atoms with van der Waals surface area (Å²) in [7, 11) is 0. The Morgan fingerprint density at radius 1 is 1.16 bits per heavy atom. The molecule has 5 heteroatoms. The van der Waals surface area contributed by atoms with Crippen LogP contribution in [0, 0.1) is 17.6 Å². The highest BCUT2D eigenvalue weighted by molar-refractivity contribution is 6.30. The van der Waals surface area contributed by atoms with Crippen LogP contribution in [0.15, 0.2) is 12.1 Å². The van der Waals surface area contributed by atoms with Gasteiger partial charge in [0.25, 0.3) is 0 Å². The van der Waals surface area contributed by atoms with Gasteiger partial charge in [0.05, 0.1) is 12.1 Å². The predicted molar refractivity (Wildman–Crippen MR) is 70.9 cm³/mol. The first-order chi connectivity index (χ1) is 9.00. The normalized spacial score (nSPS) is 20.3. The Hall–Kier alpha value is -0.710. The third-order valence-corrected chi connectivity index (χ3v) is 4.10. The van der Waals surface area contributed by atoms with E-state index in [4.69, 9.17) is 17.3 Å². The van der Waals surface area contributed by atoms with Crippen molar-refractivity contribution in [1.82, 2.24) is 0 Å². The topological polar surface area (TPSA) is 46.2 Å². The molecular weight excluding hydrogens is 272 g/mol. The van der Waals surface area contributed by atoms with Crippen molar-refractivity contribution in [2.75, 3.05) is 0 Å². The molecule has 0 radical (unpaired) electrons. The van der Waals surface area contributed by atoms with Gasteiger partial charge in [-0.15, -0.1) is 0 Å². The van der Waals surface area contributed by atoms with E-state index >= 15 is 0 Å². The van der Waals surface area contributed by atoms with Crippen LogP contribution in [0.1, 0.15) is 43.7 Å². The Labute approximate surface area is 116 Å². The fraction of sp³-hybridized carbons (Fsp3) is 0.571. The largest absolute Gasteiger partial charge is 0.391 e. The van der Waals surface area contributed by atoms with Crippen molar-refractivity contribution in [3.05, 3.63) is 34.4 Å². The lowest BCUT2D eigenvalue weighted by atomic mass is 9.81. The number of halogens is 3. The average Bonchev–Trinajstić information content (AvgIpc) is 2.37. The summed E-state index contributed by atoms with van der Waals surface area (Å²) in [5, 5.41) is 10.2. The fourth-order valence-electron chi connectivity index (χ4n) is 2.81. The molecule has 1 aliphatic carbocycles. The van der Waals surface area contributed by atoms with Gasteiger partial charge in [0, 0.05) is 10.6 Å². The maximum absolute atomic E-state index is 13.8. The number of nitrogens with two attached hydrogens (primary N) is 1. The molecule has 0 unspecified atom stereocenters. The van der Waals surface area contributed by atoms with Gasteiger partial charge in [-0.05, 0) is 30.9 Å². The fourth-order valence-corrected chi connectivity index (χ4v) is 3.00. The van der Waals surface area contributed by atoms with Gasteiger partial charge in [0.2, 0.25) is 0 Å². The van der Waals surface area contributed by atoms with Gasteiger partial charge in [-0.2, -0.15) is 0 Å². The summed E-state index contributed by atoms with van der Waals surface area (Å²) in [6, 6.07) is 0.987. The summed E-state index contributed by atoms with van der Waals surface area (Å²) < 4.78 is 27.5. The Balaban J connectivity index is 2.20. The first-order valence-corrected chi connectivity index (χ1v) is 6.96. The molecule has 2 atom stereocenters. The van der Waals surface area contributed by atoms with Gasteiger partial charge >= 0.3 is 0 Å². The second-order valence-electron chi connectivity index (χ2n) is 5.20. The first kappa shape index (κ1) is 14.7. The van der Waals surface area contributed by atoms with Crippen LogP contribution in [-0.2, 0) is 0 Å². The number of benzene rings is 1. The maximum atomic E-state index is 13.8. The minimum atomic E-state index is -1.06. The molecule has 1 aromatic carbocycles. The SMILES string of the molecule is N[C@H](c1c(F)cc(Cl)cc1F)[C@@H](O)C1CCCCC1. The Morgan fingerprint density at radius 3 is 2.21 bits per heavy atom. The second kappa shape index (κ2) is 6.16. The predicted octanol–water partition coefficient (Wildman–Crippen LogP) is 3.56. The van der Waals surface area contributed by atoms with Crippen molar-refractivity contribution in [1.29, 1.82) is 0 Å². The average molecular weight is 290 g/mol. The van der Waals surface area contributed by atoms with E-state index in [0.29, 0.717) is 0 Å². The molecule has 106 valence electrons. The van der Waals surface area contributed by atoms with Crippen molar-refractivity contribution >= 4 is 11.6 Å². The van der Waals surface area contributed by atoms with Crippen molar-refractivity contribution < 1.29 is 13.9 Å². The van der Waals surface area contributed by atoms with Crippen molar-refractivity contribution in [3.63, 3.8) is 0 Å². The number of hydrogen-bond acceptors (Lipinski definition) is 2. The number of rotatable bonds is 3. The summed E-state index contributed by atoms with van der Waals surface area (Å²) in [6.07, 6.45) is 3.98. The van der Waals surface area contributed by atoms with Crippen molar-refractivity contribution in [3.8, 4) is 0 Å². The van der Waals surface area contributed by atoms with Gasteiger partial charge in [0.1, 0.15) is 11.6 Å². The molecule has 1 saturated carbocycles. The quantitative estimate of drug-likeness (QED) is 0.894. The van der Waals surface area contributed by atoms with Crippen LogP contribution >= 0.6 is 11.6 Å². The van der Waals surface area contributed by atoms with Gasteiger partial charge in [-0.3, -0.25) is 0 Å². The summed E-state index contributed by atoms with van der Waals surface area (Å²) in [4.78, 5) is 0. The van der Waals surface area contributed by atoms with E-state index in [1.807, 2.05) is 0 Å². The third-order valence-electron chi connectivity index (χ3n) is 3.88. The Morgan fingerprint density at radius 2 is 1.68 bits per heavy atom. The maximum Gasteiger partial charge on any atom is 0.132 e. The molecule has 0 spiro atoms. The van der Waals surface area contributed by atoms with Gasteiger partial charge in [0.15, 0.2) is 0 Å². The molecule has 3 N–H and O–H groups in total. The van der Waals surface area contributed by atoms with Crippen molar-refractivity contribution in [2.24, 2.45) is 11.7 Å². The van der Waals surface area contributed by atoms with E-state index in [1.165, 1.54) is 0 Å². The molecule has 0 saturated heterocycles. The lowest BCUT2D eigenvalue weighted by Crippen LogP contribution is -2.35. The molecule has 0 aromatic heterocycles. The van der Waals surface area contributed by atoms with Gasteiger partial charge in [-0.25, -0.2) is 8.78 Å². The molecule has 0 amide bonds. The van der Waals surface area contributed by atoms with E-state index in [2.05, 4.69) is 0 Å². The van der Waals surface area contributed by atoms with Gasteiger partial charge < -0.3 is 10.8 Å². The first-order valence-electron chi connectivity index (χ1n) is 6.59. The number of hydrogen-bond donors (Lipinski definition) is 2. The lowest BCUT2D eigenvalue weighted by molar-refractivity contribution is 0.0597. The van der Waals surface area contributed by atoms with Crippen LogP contribution < -0.4 is 5.73 Å². The summed E-state index contributed by atoms with van der Waals surface area (Å²) in [5.41, 5.74) is 5.57. The van der Waals surface area contributed by atoms with E-state index in [1.54, 1.807) is 0 Å². The Kier molecular flexibility index (Phi) is 4.76. The summed E-state index contributed by atoms with van der Waals surface area (Å²) >= 11 is 5.57. The van der Waals surface area contributed by atoms with Crippen molar-refractivity contribution in [2.45, 2.75) is 44.2 Å². The smallest absolute Gasteiger partial charge is 0.132 e. The molecule has 1 fully saturated rings. The summed E-state index contributed by atoms with van der Waals surface area (Å²) in [5.74, 6) is -1.59. The van der Waals surface area contributed by atoms with Crippen LogP contribution in [0.2, 0.25) is 5.02 Å². The molecule has 1 aromatic rings. The zero-order valence-corrected chi connectivity index (χ0v) is 11.3. The summed E-state index contributed by atoms with van der Waals surface area (Å²) in [6.45, 7) is 0. The van der Waals surface area contributed by atoms with Gasteiger partial charge in [-0.1, -0.05) is 30.9 Å². The molecule has 0 bridgehead atoms. The minimum absolute atomic E-state index is 0.0122. The molecule has 19 heavy (non-hydrogen) atoms. The van der Waals surface area contributed by atoms with Crippen LogP contribution in [0.4, 0.5) is 8.78 Å². The molecule has 1 aliphatic rings. The Bertz CT molecular complexity index is 426. The lowest BCUT2D eigenvalue weighted by Gasteiger charge is -2.30. The monoisotopic (exact) mass is 289 g/mol. The molecule has 0 heterocycles. The van der Waals surface area contributed by atoms with E-state index in [0.717, 1.165) is 44.2 Å². The van der Waals surface area contributed by atoms with E-state index in [9.17, 15) is 13.9 Å². The van der Waals surface area contributed by atoms with Crippen LogP contribution in [0.5, 0.6) is 0 Å². The highest BCUT2D eigenvalue weighted by Gasteiger charge is 2.31. The highest BCUT2D eigenvalue weighted by Crippen LogP contribution is 2.33. The second-order valence-corrected chi connectivity index (χ2v) is 5.63.